The van der Waals surface area contributed by atoms with Gasteiger partial charge in [0.2, 0.25) is 5.24 Å². The van der Waals surface area contributed by atoms with Crippen molar-refractivity contribution < 1.29 is 23.7 Å². The Morgan fingerprint density at radius 2 is 1.52 bits per heavy atom. The van der Waals surface area contributed by atoms with Crippen molar-refractivity contribution in [2.45, 2.75) is 6.42 Å². The molecule has 118 valence electrons. The predicted octanol–water partition coefficient (Wildman–Crippen LogP) is 2.05. The third kappa shape index (κ3) is 9.42. The molecule has 0 fully saturated rings. The van der Waals surface area contributed by atoms with E-state index in [0.29, 0.717) is 39.6 Å². The van der Waals surface area contributed by atoms with E-state index >= 15 is 0 Å². The van der Waals surface area contributed by atoms with Crippen LogP contribution in [-0.2, 0) is 25.4 Å². The van der Waals surface area contributed by atoms with Gasteiger partial charge in [-0.05, 0) is 29.3 Å². The van der Waals surface area contributed by atoms with Gasteiger partial charge in [0.25, 0.3) is 0 Å². The second-order valence-electron chi connectivity index (χ2n) is 4.24. The molecule has 5 nitrogen and oxygen atoms in total. The van der Waals surface area contributed by atoms with Crippen LogP contribution in [0.2, 0.25) is 0 Å². The van der Waals surface area contributed by atoms with Gasteiger partial charge in [0.05, 0.1) is 33.0 Å². The van der Waals surface area contributed by atoms with Crippen molar-refractivity contribution >= 4 is 16.8 Å². The number of carbonyl (C=O) groups is 1. The Balaban J connectivity index is 2.03. The molecule has 0 saturated carbocycles. The highest BCUT2D eigenvalue weighted by molar-refractivity contribution is 6.63. The molecule has 0 unspecified atom stereocenters. The second-order valence-corrected chi connectivity index (χ2v) is 4.66. The molecule has 0 aromatic heterocycles. The van der Waals surface area contributed by atoms with Crippen LogP contribution in [0.5, 0.6) is 5.75 Å². The normalized spacial score (nSPS) is 10.6. The molecular formula is C15H21ClO5. The fourth-order valence-electron chi connectivity index (χ4n) is 1.55. The third-order valence-electron chi connectivity index (χ3n) is 2.57. The van der Waals surface area contributed by atoms with Crippen molar-refractivity contribution in [1.82, 2.24) is 0 Å². The quantitative estimate of drug-likeness (QED) is 0.436. The lowest BCUT2D eigenvalue weighted by molar-refractivity contribution is -0.111. The summed E-state index contributed by atoms with van der Waals surface area (Å²) in [6, 6.07) is 7.26. The summed E-state index contributed by atoms with van der Waals surface area (Å²) in [5.74, 6) is 0.737. The van der Waals surface area contributed by atoms with E-state index in [1.54, 1.807) is 7.11 Å². The summed E-state index contributed by atoms with van der Waals surface area (Å²) in [6.07, 6.45) is 0.230. The number of benzene rings is 1. The molecule has 0 saturated heterocycles. The van der Waals surface area contributed by atoms with Gasteiger partial charge in [0.15, 0.2) is 0 Å². The second kappa shape index (κ2) is 11.5. The highest BCUT2D eigenvalue weighted by Crippen LogP contribution is 2.13. The number of methoxy groups -OCH3 is 1. The number of rotatable bonds is 12. The summed E-state index contributed by atoms with van der Waals surface area (Å²) in [5, 5.41) is -0.371. The zero-order valence-corrected chi connectivity index (χ0v) is 12.9. The van der Waals surface area contributed by atoms with Crippen LogP contribution < -0.4 is 4.74 Å². The van der Waals surface area contributed by atoms with Gasteiger partial charge in [-0.2, -0.15) is 0 Å². The van der Waals surface area contributed by atoms with E-state index in [0.717, 1.165) is 11.3 Å². The van der Waals surface area contributed by atoms with E-state index in [1.807, 2.05) is 24.3 Å². The van der Waals surface area contributed by atoms with E-state index in [9.17, 15) is 4.79 Å². The fraction of sp³-hybridized carbons (Fsp3) is 0.533. The average Bonchev–Trinajstić information content (AvgIpc) is 2.47. The SMILES string of the molecule is COCCOCCOCCOc1ccc(CC(=O)Cl)cc1. The van der Waals surface area contributed by atoms with Crippen LogP contribution in [0.3, 0.4) is 0 Å². The first-order valence-corrected chi connectivity index (χ1v) is 7.14. The molecule has 1 rings (SSSR count). The molecule has 21 heavy (non-hydrogen) atoms. The van der Waals surface area contributed by atoms with E-state index in [1.165, 1.54) is 0 Å². The van der Waals surface area contributed by atoms with Crippen LogP contribution in [-0.4, -0.2) is 52.0 Å². The summed E-state index contributed by atoms with van der Waals surface area (Å²) in [6.45, 7) is 3.21. The van der Waals surface area contributed by atoms with Gasteiger partial charge in [0.1, 0.15) is 12.4 Å². The van der Waals surface area contributed by atoms with Crippen LogP contribution in [0.4, 0.5) is 0 Å². The molecule has 0 heterocycles. The number of ether oxygens (including phenoxy) is 4. The van der Waals surface area contributed by atoms with Gasteiger partial charge in [-0.3, -0.25) is 4.79 Å². The largest absolute Gasteiger partial charge is 0.491 e. The number of carbonyl (C=O) groups excluding carboxylic acids is 1. The van der Waals surface area contributed by atoms with Gasteiger partial charge in [-0.1, -0.05) is 12.1 Å². The van der Waals surface area contributed by atoms with Gasteiger partial charge >= 0.3 is 0 Å². The Hall–Kier alpha value is -1.14. The Morgan fingerprint density at radius 1 is 0.952 bits per heavy atom. The molecule has 0 N–H and O–H groups in total. The third-order valence-corrected chi connectivity index (χ3v) is 2.70. The Kier molecular flexibility index (Phi) is 9.82. The van der Waals surface area contributed by atoms with Gasteiger partial charge in [0, 0.05) is 13.5 Å². The Labute approximate surface area is 130 Å². The first-order valence-electron chi connectivity index (χ1n) is 6.77. The van der Waals surface area contributed by atoms with Crippen molar-refractivity contribution in [2.75, 3.05) is 46.8 Å². The molecule has 0 bridgehead atoms. The molecule has 0 spiro atoms. The van der Waals surface area contributed by atoms with Gasteiger partial charge in [-0.15, -0.1) is 0 Å². The first kappa shape index (κ1) is 17.9. The lowest BCUT2D eigenvalue weighted by Gasteiger charge is -2.08. The summed E-state index contributed by atoms with van der Waals surface area (Å²) in [5.41, 5.74) is 0.867. The molecule has 6 heteroatoms. The fourth-order valence-corrected chi connectivity index (χ4v) is 1.70. The molecule has 0 amide bonds. The lowest BCUT2D eigenvalue weighted by Crippen LogP contribution is -2.12. The zero-order valence-electron chi connectivity index (χ0n) is 12.2. The molecule has 0 atom stereocenters. The molecule has 0 aliphatic carbocycles. The van der Waals surface area contributed by atoms with Crippen molar-refractivity contribution in [1.29, 1.82) is 0 Å². The minimum absolute atomic E-state index is 0.230. The molecular weight excluding hydrogens is 296 g/mol. The van der Waals surface area contributed by atoms with E-state index in [4.69, 9.17) is 30.5 Å². The number of hydrogen-bond acceptors (Lipinski definition) is 5. The molecule has 1 aromatic carbocycles. The maximum atomic E-state index is 10.8. The standard InChI is InChI=1S/C15H21ClO5/c1-18-6-7-19-8-9-20-10-11-21-14-4-2-13(3-5-14)12-15(16)17/h2-5H,6-12H2,1H3. The average molecular weight is 317 g/mol. The minimum Gasteiger partial charge on any atom is -0.491 e. The lowest BCUT2D eigenvalue weighted by atomic mass is 10.2. The minimum atomic E-state index is -0.371. The van der Waals surface area contributed by atoms with Crippen LogP contribution in [0, 0.1) is 0 Å². The van der Waals surface area contributed by atoms with Crippen molar-refractivity contribution in [3.8, 4) is 5.75 Å². The van der Waals surface area contributed by atoms with Crippen LogP contribution in [0.1, 0.15) is 5.56 Å². The Morgan fingerprint density at radius 3 is 2.10 bits per heavy atom. The summed E-state index contributed by atoms with van der Waals surface area (Å²) in [7, 11) is 1.64. The van der Waals surface area contributed by atoms with Crippen molar-refractivity contribution in [3.63, 3.8) is 0 Å². The smallest absolute Gasteiger partial charge is 0.226 e. The monoisotopic (exact) mass is 316 g/mol. The van der Waals surface area contributed by atoms with Gasteiger partial charge in [-0.25, -0.2) is 0 Å². The highest BCUT2D eigenvalue weighted by atomic mass is 35.5. The van der Waals surface area contributed by atoms with E-state index in [-0.39, 0.29) is 11.7 Å². The van der Waals surface area contributed by atoms with Crippen molar-refractivity contribution in [2.24, 2.45) is 0 Å². The molecule has 1 aromatic rings. The predicted molar refractivity (Wildman–Crippen MR) is 80.0 cm³/mol. The Bertz CT molecular complexity index is 394. The maximum absolute atomic E-state index is 10.8. The zero-order chi connectivity index (χ0) is 15.3. The first-order chi connectivity index (χ1) is 10.2. The number of hydrogen-bond donors (Lipinski definition) is 0. The van der Waals surface area contributed by atoms with Crippen molar-refractivity contribution in [3.05, 3.63) is 29.8 Å². The molecule has 0 aliphatic heterocycles. The van der Waals surface area contributed by atoms with Gasteiger partial charge < -0.3 is 18.9 Å². The van der Waals surface area contributed by atoms with Crippen LogP contribution in [0.15, 0.2) is 24.3 Å². The maximum Gasteiger partial charge on any atom is 0.226 e. The summed E-state index contributed by atoms with van der Waals surface area (Å²) in [4.78, 5) is 10.8. The van der Waals surface area contributed by atoms with E-state index < -0.39 is 0 Å². The topological polar surface area (TPSA) is 54.0 Å². The van der Waals surface area contributed by atoms with Crippen LogP contribution >= 0.6 is 11.6 Å². The summed E-state index contributed by atoms with van der Waals surface area (Å²) >= 11 is 5.32. The van der Waals surface area contributed by atoms with Crippen LogP contribution in [0.25, 0.3) is 0 Å². The summed E-state index contributed by atoms with van der Waals surface area (Å²) < 4.78 is 21.0. The number of halogens is 1. The van der Waals surface area contributed by atoms with E-state index in [2.05, 4.69) is 0 Å². The highest BCUT2D eigenvalue weighted by Gasteiger charge is 2.00. The molecule has 0 aliphatic rings. The molecule has 0 radical (unpaired) electrons.